The van der Waals surface area contributed by atoms with Crippen molar-refractivity contribution in [2.24, 2.45) is 5.92 Å². The van der Waals surface area contributed by atoms with Crippen molar-refractivity contribution in [3.63, 3.8) is 0 Å². The van der Waals surface area contributed by atoms with Gasteiger partial charge in [0.05, 0.1) is 12.5 Å². The summed E-state index contributed by atoms with van der Waals surface area (Å²) in [6, 6.07) is 0. The molecule has 2 aromatic rings. The maximum atomic E-state index is 12.8. The first-order chi connectivity index (χ1) is 9.08. The van der Waals surface area contributed by atoms with E-state index in [1.807, 2.05) is 0 Å². The van der Waals surface area contributed by atoms with E-state index in [2.05, 4.69) is 15.0 Å². The number of aromatic nitrogens is 4. The fourth-order valence-electron chi connectivity index (χ4n) is 1.78. The molecule has 0 saturated heterocycles. The first-order valence-electron chi connectivity index (χ1n) is 5.54. The van der Waals surface area contributed by atoms with Gasteiger partial charge < -0.3 is 14.7 Å². The molecule has 6 nitrogen and oxygen atoms in total. The highest BCUT2D eigenvalue weighted by molar-refractivity contribution is 5.47. The minimum absolute atomic E-state index is 0.0202. The van der Waals surface area contributed by atoms with Crippen LogP contribution in [0.3, 0.4) is 0 Å². The van der Waals surface area contributed by atoms with Gasteiger partial charge in [-0.3, -0.25) is 4.79 Å². The van der Waals surface area contributed by atoms with E-state index in [0.29, 0.717) is 12.4 Å². The highest BCUT2D eigenvalue weighted by Crippen LogP contribution is 2.49. The number of hydrogen-bond acceptors (Lipinski definition) is 3. The Balaban J connectivity index is 0.000000408. The molecule has 2 heterocycles. The lowest BCUT2D eigenvalue weighted by molar-refractivity contribution is -0.122. The zero-order valence-corrected chi connectivity index (χ0v) is 9.83. The van der Waals surface area contributed by atoms with E-state index in [1.54, 1.807) is 29.5 Å². The van der Waals surface area contributed by atoms with Crippen molar-refractivity contribution in [1.82, 2.24) is 19.5 Å². The Labute approximate surface area is 107 Å². The Morgan fingerprint density at radius 2 is 2.32 bits per heavy atom. The largest absolute Gasteiger partial charge is 0.483 e. The summed E-state index contributed by atoms with van der Waals surface area (Å²) in [6.45, 7) is 0.0569. The molecule has 0 bridgehead atoms. The zero-order valence-electron chi connectivity index (χ0n) is 9.83. The number of hydrogen-bond donors (Lipinski definition) is 2. The van der Waals surface area contributed by atoms with Gasteiger partial charge in [0.25, 0.3) is 12.4 Å². The van der Waals surface area contributed by atoms with Crippen LogP contribution in [-0.4, -0.2) is 37.0 Å². The van der Waals surface area contributed by atoms with Gasteiger partial charge in [-0.2, -0.15) is 0 Å². The predicted octanol–water partition coefficient (Wildman–Crippen LogP) is 1.63. The normalized spacial score (nSPS) is 19.4. The number of imidazole rings is 2. The Bertz CT molecular complexity index is 539. The van der Waals surface area contributed by atoms with E-state index in [4.69, 9.17) is 9.90 Å². The number of nitrogens with zero attached hydrogens (tertiary/aromatic N) is 3. The highest BCUT2D eigenvalue weighted by Gasteiger charge is 2.56. The van der Waals surface area contributed by atoms with Gasteiger partial charge in [0.1, 0.15) is 5.69 Å². The number of alkyl halides is 2. The monoisotopic (exact) mass is 270 g/mol. The summed E-state index contributed by atoms with van der Waals surface area (Å²) >= 11 is 0. The maximum absolute atomic E-state index is 12.8. The first-order valence-corrected chi connectivity index (χ1v) is 5.54. The van der Waals surface area contributed by atoms with E-state index in [9.17, 15) is 8.78 Å². The van der Waals surface area contributed by atoms with E-state index >= 15 is 0 Å². The smallest absolute Gasteiger partial charge is 0.290 e. The van der Waals surface area contributed by atoms with Crippen molar-refractivity contribution >= 4 is 6.47 Å². The molecule has 0 amide bonds. The Hall–Kier alpha value is -2.25. The third-order valence-corrected chi connectivity index (χ3v) is 2.83. The van der Waals surface area contributed by atoms with Crippen molar-refractivity contribution < 1.29 is 18.7 Å². The lowest BCUT2D eigenvalue weighted by Gasteiger charge is -2.05. The van der Waals surface area contributed by atoms with E-state index in [1.165, 1.54) is 0 Å². The number of rotatable bonds is 3. The topological polar surface area (TPSA) is 83.8 Å². The SMILES string of the molecule is FC1(F)CC1Cn1ccnc1-c1cnc[nH]1.O=CO. The Morgan fingerprint density at radius 1 is 1.63 bits per heavy atom. The fourth-order valence-corrected chi connectivity index (χ4v) is 1.78. The molecule has 19 heavy (non-hydrogen) atoms. The summed E-state index contributed by atoms with van der Waals surface area (Å²) < 4.78 is 27.4. The van der Waals surface area contributed by atoms with Crippen LogP contribution in [0, 0.1) is 5.92 Å². The van der Waals surface area contributed by atoms with Crippen molar-refractivity contribution in [2.75, 3.05) is 0 Å². The molecule has 1 unspecified atom stereocenters. The molecule has 0 radical (unpaired) electrons. The van der Waals surface area contributed by atoms with E-state index < -0.39 is 11.8 Å². The molecule has 0 spiro atoms. The molecule has 2 aromatic heterocycles. The summed E-state index contributed by atoms with van der Waals surface area (Å²) in [5.74, 6) is -2.39. The lowest BCUT2D eigenvalue weighted by Crippen LogP contribution is -2.06. The van der Waals surface area contributed by atoms with Crippen LogP contribution in [0.1, 0.15) is 6.42 Å². The van der Waals surface area contributed by atoms with Crippen LogP contribution in [0.4, 0.5) is 8.78 Å². The number of H-pyrrole nitrogens is 1. The molecule has 2 N–H and O–H groups in total. The summed E-state index contributed by atoms with van der Waals surface area (Å²) in [5.41, 5.74) is 0.744. The maximum Gasteiger partial charge on any atom is 0.290 e. The number of aromatic amines is 1. The van der Waals surface area contributed by atoms with E-state index in [-0.39, 0.29) is 12.9 Å². The van der Waals surface area contributed by atoms with Crippen LogP contribution in [0.15, 0.2) is 24.9 Å². The van der Waals surface area contributed by atoms with E-state index in [0.717, 1.165) is 5.69 Å². The summed E-state index contributed by atoms with van der Waals surface area (Å²) in [6.07, 6.45) is 6.47. The Morgan fingerprint density at radius 3 is 2.84 bits per heavy atom. The Kier molecular flexibility index (Phi) is 3.59. The number of halogens is 2. The molecule has 1 saturated carbocycles. The molecule has 102 valence electrons. The minimum atomic E-state index is -2.49. The van der Waals surface area contributed by atoms with Crippen LogP contribution in [0.25, 0.3) is 11.5 Å². The molecule has 8 heteroatoms. The molecule has 3 rings (SSSR count). The van der Waals surface area contributed by atoms with Crippen molar-refractivity contribution in [3.8, 4) is 11.5 Å². The molecule has 0 aromatic carbocycles. The van der Waals surface area contributed by atoms with Gasteiger partial charge in [0.15, 0.2) is 5.82 Å². The lowest BCUT2D eigenvalue weighted by atomic mass is 10.3. The molecule has 1 aliphatic rings. The second kappa shape index (κ2) is 5.17. The van der Waals surface area contributed by atoms with Crippen LogP contribution in [-0.2, 0) is 11.3 Å². The van der Waals surface area contributed by atoms with Crippen LogP contribution in [0.5, 0.6) is 0 Å². The summed E-state index contributed by atoms with van der Waals surface area (Å²) in [4.78, 5) is 19.3. The number of carboxylic acid groups (broad SMARTS) is 1. The van der Waals surface area contributed by atoms with Crippen LogP contribution < -0.4 is 0 Å². The molecule has 1 atom stereocenters. The third kappa shape index (κ3) is 2.95. The average molecular weight is 270 g/mol. The van der Waals surface area contributed by atoms with Crippen LogP contribution >= 0.6 is 0 Å². The zero-order chi connectivity index (χ0) is 13.9. The van der Waals surface area contributed by atoms with Crippen LogP contribution in [0.2, 0.25) is 0 Å². The van der Waals surface area contributed by atoms with Gasteiger partial charge in [-0.1, -0.05) is 0 Å². The molecule has 1 aliphatic carbocycles. The van der Waals surface area contributed by atoms with Crippen molar-refractivity contribution in [2.45, 2.75) is 18.9 Å². The first kappa shape index (κ1) is 13.2. The minimum Gasteiger partial charge on any atom is -0.483 e. The highest BCUT2D eigenvalue weighted by atomic mass is 19.3. The van der Waals surface area contributed by atoms with Gasteiger partial charge in [0.2, 0.25) is 0 Å². The number of nitrogens with one attached hydrogen (secondary N) is 1. The molecular weight excluding hydrogens is 258 g/mol. The quantitative estimate of drug-likeness (QED) is 0.830. The van der Waals surface area contributed by atoms with Gasteiger partial charge in [-0.05, 0) is 0 Å². The van der Waals surface area contributed by atoms with Crippen molar-refractivity contribution in [1.29, 1.82) is 0 Å². The van der Waals surface area contributed by atoms with Gasteiger partial charge in [-0.15, -0.1) is 0 Å². The van der Waals surface area contributed by atoms with Gasteiger partial charge >= 0.3 is 0 Å². The third-order valence-electron chi connectivity index (χ3n) is 2.83. The molecular formula is C11H12F2N4O2. The fraction of sp³-hybridized carbons (Fsp3) is 0.364. The van der Waals surface area contributed by atoms with Crippen molar-refractivity contribution in [3.05, 3.63) is 24.9 Å². The number of carbonyl (C=O) groups is 1. The average Bonchev–Trinajstić information content (AvgIpc) is 2.82. The predicted molar refractivity (Wildman–Crippen MR) is 61.6 cm³/mol. The summed E-state index contributed by atoms with van der Waals surface area (Å²) in [5, 5.41) is 6.89. The molecule has 1 fully saturated rings. The van der Waals surface area contributed by atoms with Gasteiger partial charge in [-0.25, -0.2) is 18.7 Å². The second-order valence-electron chi connectivity index (χ2n) is 4.14. The summed E-state index contributed by atoms with van der Waals surface area (Å²) in [7, 11) is 0. The molecule has 0 aliphatic heterocycles. The second-order valence-corrected chi connectivity index (χ2v) is 4.14. The van der Waals surface area contributed by atoms with Gasteiger partial charge in [0, 0.05) is 31.3 Å². The standard InChI is InChI=1S/C10H10F2N4.CH2O2/c11-10(12)3-7(10)5-16-2-1-14-9(16)8-4-13-6-15-8;2-1-3/h1-2,4,6-7H,3,5H2,(H,13,15);1H,(H,2,3).